The van der Waals surface area contributed by atoms with Crippen LogP contribution >= 0.6 is 23.2 Å². The highest BCUT2D eigenvalue weighted by Gasteiger charge is 2.24. The van der Waals surface area contributed by atoms with E-state index in [0.717, 1.165) is 57.2 Å². The van der Waals surface area contributed by atoms with Gasteiger partial charge in [0, 0.05) is 38.8 Å². The standard InChI is InChI=1S/C21H32Cl2N4O/c1-2-24-21(28)25-17-8-6-16(7-9-17)10-11-26-12-14-27(15-13-26)19-5-3-4-18(22)20(19)23/h3-5,16-17H,2,6-15H2,1H3,(H2,24,25,28). The van der Waals surface area contributed by atoms with Crippen LogP contribution in [0, 0.1) is 5.92 Å². The molecule has 156 valence electrons. The second-order valence-corrected chi connectivity index (χ2v) is 8.70. The molecule has 28 heavy (non-hydrogen) atoms. The first-order valence-electron chi connectivity index (χ1n) is 10.5. The van der Waals surface area contributed by atoms with Gasteiger partial charge in [0.05, 0.1) is 15.7 Å². The molecule has 0 radical (unpaired) electrons. The summed E-state index contributed by atoms with van der Waals surface area (Å²) in [6, 6.07) is 6.17. The van der Waals surface area contributed by atoms with E-state index in [2.05, 4.69) is 26.5 Å². The summed E-state index contributed by atoms with van der Waals surface area (Å²) in [6.07, 6.45) is 5.89. The van der Waals surface area contributed by atoms with Crippen molar-refractivity contribution in [1.82, 2.24) is 15.5 Å². The second-order valence-electron chi connectivity index (χ2n) is 7.91. The molecule has 1 aliphatic heterocycles. The highest BCUT2D eigenvalue weighted by Crippen LogP contribution is 2.33. The van der Waals surface area contributed by atoms with Crippen molar-refractivity contribution in [3.05, 3.63) is 28.2 Å². The minimum atomic E-state index is -0.0244. The number of nitrogens with zero attached hydrogens (tertiary/aromatic N) is 2. The number of hydrogen-bond acceptors (Lipinski definition) is 3. The first kappa shape index (κ1) is 21.5. The molecule has 0 aromatic heterocycles. The number of nitrogens with one attached hydrogen (secondary N) is 2. The van der Waals surface area contributed by atoms with Crippen molar-refractivity contribution in [2.24, 2.45) is 5.92 Å². The van der Waals surface area contributed by atoms with Gasteiger partial charge in [-0.3, -0.25) is 4.90 Å². The second kappa shape index (κ2) is 10.6. The van der Waals surface area contributed by atoms with Crippen molar-refractivity contribution in [3.63, 3.8) is 0 Å². The molecule has 3 rings (SSSR count). The summed E-state index contributed by atoms with van der Waals surface area (Å²) < 4.78 is 0. The summed E-state index contributed by atoms with van der Waals surface area (Å²) in [5, 5.41) is 7.19. The Morgan fingerprint density at radius 3 is 2.50 bits per heavy atom. The van der Waals surface area contributed by atoms with Gasteiger partial charge in [-0.1, -0.05) is 29.3 Å². The molecule has 5 nitrogen and oxygen atoms in total. The lowest BCUT2D eigenvalue weighted by molar-refractivity contribution is 0.205. The quantitative estimate of drug-likeness (QED) is 0.708. The molecular weight excluding hydrogens is 395 g/mol. The highest BCUT2D eigenvalue weighted by atomic mass is 35.5. The third-order valence-electron chi connectivity index (χ3n) is 6.02. The summed E-state index contributed by atoms with van der Waals surface area (Å²) in [4.78, 5) is 16.5. The van der Waals surface area contributed by atoms with Crippen molar-refractivity contribution in [3.8, 4) is 0 Å². The molecule has 1 heterocycles. The topological polar surface area (TPSA) is 47.6 Å². The van der Waals surface area contributed by atoms with Gasteiger partial charge in [0.2, 0.25) is 0 Å². The average Bonchev–Trinajstić information content (AvgIpc) is 2.70. The number of piperazine rings is 1. The number of hydrogen-bond donors (Lipinski definition) is 2. The van der Waals surface area contributed by atoms with Crippen LogP contribution in [0.25, 0.3) is 0 Å². The maximum Gasteiger partial charge on any atom is 0.314 e. The fourth-order valence-electron chi connectivity index (χ4n) is 4.31. The number of carbonyl (C=O) groups excluding carboxylic acids is 1. The van der Waals surface area contributed by atoms with Crippen LogP contribution in [0.3, 0.4) is 0 Å². The van der Waals surface area contributed by atoms with Gasteiger partial charge < -0.3 is 15.5 Å². The number of anilines is 1. The molecule has 1 aromatic carbocycles. The largest absolute Gasteiger partial charge is 0.368 e. The van der Waals surface area contributed by atoms with Gasteiger partial charge in [0.25, 0.3) is 0 Å². The van der Waals surface area contributed by atoms with E-state index in [0.29, 0.717) is 22.6 Å². The molecule has 7 heteroatoms. The summed E-state index contributed by atoms with van der Waals surface area (Å²) in [7, 11) is 0. The smallest absolute Gasteiger partial charge is 0.314 e. The number of carbonyl (C=O) groups is 1. The van der Waals surface area contributed by atoms with E-state index in [1.54, 1.807) is 0 Å². The van der Waals surface area contributed by atoms with Crippen molar-refractivity contribution >= 4 is 34.9 Å². The van der Waals surface area contributed by atoms with Crippen LogP contribution < -0.4 is 15.5 Å². The van der Waals surface area contributed by atoms with E-state index in [4.69, 9.17) is 23.2 Å². The van der Waals surface area contributed by atoms with Crippen LogP contribution in [-0.4, -0.2) is 56.2 Å². The molecule has 0 bridgehead atoms. The molecule has 0 unspecified atom stereocenters. The number of amides is 2. The average molecular weight is 427 g/mol. The van der Waals surface area contributed by atoms with E-state index in [1.165, 1.54) is 19.3 Å². The molecule has 0 spiro atoms. The first-order chi connectivity index (χ1) is 13.6. The lowest BCUT2D eigenvalue weighted by atomic mass is 9.84. The molecule has 1 aromatic rings. The van der Waals surface area contributed by atoms with Crippen LogP contribution in [-0.2, 0) is 0 Å². The maximum absolute atomic E-state index is 11.6. The van der Waals surface area contributed by atoms with Gasteiger partial charge in [0.15, 0.2) is 0 Å². The van der Waals surface area contributed by atoms with Gasteiger partial charge in [-0.05, 0) is 63.6 Å². The van der Waals surface area contributed by atoms with E-state index in [-0.39, 0.29) is 6.03 Å². The SMILES string of the molecule is CCNC(=O)NC1CCC(CCN2CCN(c3cccc(Cl)c3Cl)CC2)CC1. The zero-order valence-corrected chi connectivity index (χ0v) is 18.2. The fraction of sp³-hybridized carbons (Fsp3) is 0.667. The molecule has 1 aliphatic carbocycles. The van der Waals surface area contributed by atoms with E-state index >= 15 is 0 Å². The predicted octanol–water partition coefficient (Wildman–Crippen LogP) is 4.38. The zero-order valence-electron chi connectivity index (χ0n) is 16.7. The number of halogens is 2. The minimum absolute atomic E-state index is 0.0244. The summed E-state index contributed by atoms with van der Waals surface area (Å²) in [6.45, 7) is 7.90. The van der Waals surface area contributed by atoms with Crippen molar-refractivity contribution < 1.29 is 4.79 Å². The molecule has 1 saturated heterocycles. The molecule has 2 aliphatic rings. The zero-order chi connectivity index (χ0) is 19.9. The van der Waals surface area contributed by atoms with E-state index in [9.17, 15) is 4.79 Å². The van der Waals surface area contributed by atoms with Gasteiger partial charge in [-0.15, -0.1) is 0 Å². The van der Waals surface area contributed by atoms with Crippen LogP contribution in [0.2, 0.25) is 10.0 Å². The van der Waals surface area contributed by atoms with Crippen LogP contribution in [0.4, 0.5) is 10.5 Å². The minimum Gasteiger partial charge on any atom is -0.368 e. The van der Waals surface area contributed by atoms with Crippen LogP contribution in [0.15, 0.2) is 18.2 Å². The Labute approximate surface area is 178 Å². The lowest BCUT2D eigenvalue weighted by Gasteiger charge is -2.37. The molecular formula is C21H32Cl2N4O. The molecule has 2 fully saturated rings. The number of rotatable bonds is 6. The van der Waals surface area contributed by atoms with Crippen molar-refractivity contribution in [2.75, 3.05) is 44.2 Å². The van der Waals surface area contributed by atoms with Crippen LogP contribution in [0.5, 0.6) is 0 Å². The summed E-state index contributed by atoms with van der Waals surface area (Å²) in [5.74, 6) is 0.785. The van der Waals surface area contributed by atoms with Gasteiger partial charge >= 0.3 is 6.03 Å². The Bertz CT molecular complexity index is 641. The fourth-order valence-corrected chi connectivity index (χ4v) is 4.72. The first-order valence-corrected chi connectivity index (χ1v) is 11.3. The summed E-state index contributed by atoms with van der Waals surface area (Å²) in [5.41, 5.74) is 1.05. The molecule has 0 atom stereocenters. The Hall–Kier alpha value is -1.17. The monoisotopic (exact) mass is 426 g/mol. The third-order valence-corrected chi connectivity index (χ3v) is 6.83. The Balaban J connectivity index is 1.35. The lowest BCUT2D eigenvalue weighted by Crippen LogP contribution is -2.47. The maximum atomic E-state index is 11.6. The number of benzene rings is 1. The Morgan fingerprint density at radius 2 is 1.82 bits per heavy atom. The third kappa shape index (κ3) is 5.91. The van der Waals surface area contributed by atoms with Crippen LogP contribution in [0.1, 0.15) is 39.0 Å². The predicted molar refractivity (Wildman–Crippen MR) is 118 cm³/mol. The highest BCUT2D eigenvalue weighted by molar-refractivity contribution is 6.43. The Kier molecular flexibility index (Phi) is 8.12. The molecule has 1 saturated carbocycles. The van der Waals surface area contributed by atoms with E-state index in [1.807, 2.05) is 19.1 Å². The Morgan fingerprint density at radius 1 is 1.11 bits per heavy atom. The van der Waals surface area contributed by atoms with Crippen molar-refractivity contribution in [2.45, 2.75) is 45.1 Å². The van der Waals surface area contributed by atoms with E-state index < -0.39 is 0 Å². The van der Waals surface area contributed by atoms with Crippen molar-refractivity contribution in [1.29, 1.82) is 0 Å². The normalized spacial score (nSPS) is 23.5. The van der Waals surface area contributed by atoms with Gasteiger partial charge in [0.1, 0.15) is 0 Å². The van der Waals surface area contributed by atoms with Gasteiger partial charge in [-0.25, -0.2) is 4.79 Å². The summed E-state index contributed by atoms with van der Waals surface area (Å²) >= 11 is 12.5. The molecule has 2 N–H and O–H groups in total. The number of urea groups is 1. The molecule has 2 amide bonds. The van der Waals surface area contributed by atoms with Gasteiger partial charge in [-0.2, -0.15) is 0 Å².